The average Bonchev–Trinajstić information content (AvgIpc) is 2.46. The number of fused-ring (bicyclic) bond motifs is 1. The van der Waals surface area contributed by atoms with Gasteiger partial charge < -0.3 is 15.0 Å². The third-order valence-electron chi connectivity index (χ3n) is 3.53. The van der Waals surface area contributed by atoms with Crippen molar-refractivity contribution in [2.45, 2.75) is 12.8 Å². The summed E-state index contributed by atoms with van der Waals surface area (Å²) in [6.45, 7) is 3.87. The van der Waals surface area contributed by atoms with E-state index in [-0.39, 0.29) is 0 Å². The molecule has 18 heavy (non-hydrogen) atoms. The first kappa shape index (κ1) is 11.5. The minimum atomic E-state index is 0.673. The Kier molecular flexibility index (Phi) is 3.46. The van der Waals surface area contributed by atoms with Gasteiger partial charge in [-0.15, -0.1) is 0 Å². The third kappa shape index (κ3) is 2.64. The van der Waals surface area contributed by atoms with Crippen LogP contribution in [0.3, 0.4) is 0 Å². The molecule has 0 aromatic heterocycles. The molecule has 0 aromatic rings. The molecule has 4 nitrogen and oxygen atoms in total. The quantitative estimate of drug-likeness (QED) is 0.821. The summed E-state index contributed by atoms with van der Waals surface area (Å²) in [5.41, 5.74) is 0. The molecule has 3 aliphatic heterocycles. The van der Waals surface area contributed by atoms with E-state index in [1.54, 1.807) is 0 Å². The Morgan fingerprint density at radius 2 is 2.22 bits per heavy atom. The van der Waals surface area contributed by atoms with Gasteiger partial charge in [-0.25, -0.2) is 0 Å². The number of piperidine rings is 1. The van der Waals surface area contributed by atoms with Crippen molar-refractivity contribution >= 4 is 5.84 Å². The van der Waals surface area contributed by atoms with Crippen LogP contribution in [0.5, 0.6) is 0 Å². The number of hydrogen-bond donors (Lipinski definition) is 1. The zero-order chi connectivity index (χ0) is 12.2. The fourth-order valence-corrected chi connectivity index (χ4v) is 2.40. The second kappa shape index (κ2) is 5.40. The predicted octanol–water partition coefficient (Wildman–Crippen LogP) is 1.64. The van der Waals surface area contributed by atoms with Crippen molar-refractivity contribution in [3.63, 3.8) is 0 Å². The van der Waals surface area contributed by atoms with E-state index in [0.717, 1.165) is 38.0 Å². The lowest BCUT2D eigenvalue weighted by Gasteiger charge is -2.26. The van der Waals surface area contributed by atoms with Crippen molar-refractivity contribution in [1.82, 2.24) is 10.2 Å². The molecule has 1 fully saturated rings. The minimum absolute atomic E-state index is 0.673. The normalized spacial score (nSPS) is 23.4. The molecule has 0 amide bonds. The molecule has 3 rings (SSSR count). The van der Waals surface area contributed by atoms with Crippen LogP contribution in [-0.2, 0) is 4.74 Å². The lowest BCUT2D eigenvalue weighted by molar-refractivity contribution is 0.142. The topological polar surface area (TPSA) is 36.9 Å². The summed E-state index contributed by atoms with van der Waals surface area (Å²) in [6, 6.07) is 0. The van der Waals surface area contributed by atoms with Crippen molar-refractivity contribution in [3.05, 3.63) is 36.4 Å². The molecule has 4 heteroatoms. The number of ether oxygens (including phenoxy) is 1. The molecule has 96 valence electrons. The molecule has 0 unspecified atom stereocenters. The fourth-order valence-electron chi connectivity index (χ4n) is 2.40. The van der Waals surface area contributed by atoms with E-state index in [4.69, 9.17) is 4.74 Å². The van der Waals surface area contributed by atoms with Gasteiger partial charge in [-0.1, -0.05) is 6.08 Å². The largest absolute Gasteiger partial charge is 0.477 e. The van der Waals surface area contributed by atoms with Gasteiger partial charge in [0.2, 0.25) is 5.88 Å². The van der Waals surface area contributed by atoms with Gasteiger partial charge >= 0.3 is 0 Å². The SMILES string of the molecule is C1=CC2=NC(OCC3CCNCC3)=CCN2C=C1. The predicted molar refractivity (Wildman–Crippen MR) is 72.0 cm³/mol. The summed E-state index contributed by atoms with van der Waals surface area (Å²) in [5.74, 6) is 2.42. The van der Waals surface area contributed by atoms with Crippen LogP contribution in [0.1, 0.15) is 12.8 Å². The Balaban J connectivity index is 1.54. The van der Waals surface area contributed by atoms with Gasteiger partial charge in [-0.2, -0.15) is 4.99 Å². The Labute approximate surface area is 108 Å². The molecule has 1 saturated heterocycles. The molecular weight excluding hydrogens is 226 g/mol. The first-order valence-electron chi connectivity index (χ1n) is 6.66. The van der Waals surface area contributed by atoms with Gasteiger partial charge in [0.1, 0.15) is 5.84 Å². The van der Waals surface area contributed by atoms with Gasteiger partial charge in [0, 0.05) is 12.7 Å². The summed E-state index contributed by atoms with van der Waals surface area (Å²) in [6.07, 6.45) is 12.5. The molecule has 1 N–H and O–H groups in total. The van der Waals surface area contributed by atoms with Crippen molar-refractivity contribution in [1.29, 1.82) is 0 Å². The third-order valence-corrected chi connectivity index (χ3v) is 3.53. The lowest BCUT2D eigenvalue weighted by Crippen LogP contribution is -2.31. The van der Waals surface area contributed by atoms with Crippen LogP contribution in [0, 0.1) is 5.92 Å². The summed E-state index contributed by atoms with van der Waals surface area (Å²) < 4.78 is 5.83. The Bertz CT molecular complexity index is 417. The molecule has 0 aliphatic carbocycles. The van der Waals surface area contributed by atoms with Crippen LogP contribution in [0.25, 0.3) is 0 Å². The molecule has 3 aliphatic rings. The lowest BCUT2D eigenvalue weighted by atomic mass is 9.99. The van der Waals surface area contributed by atoms with E-state index < -0.39 is 0 Å². The smallest absolute Gasteiger partial charge is 0.212 e. The highest BCUT2D eigenvalue weighted by molar-refractivity contribution is 5.96. The van der Waals surface area contributed by atoms with Crippen molar-refractivity contribution < 1.29 is 4.74 Å². The molecule has 0 spiro atoms. The van der Waals surface area contributed by atoms with E-state index in [1.165, 1.54) is 12.8 Å². The summed E-state index contributed by atoms with van der Waals surface area (Å²) in [7, 11) is 0. The van der Waals surface area contributed by atoms with Gasteiger partial charge in [-0.3, -0.25) is 0 Å². The van der Waals surface area contributed by atoms with Gasteiger partial charge in [0.15, 0.2) is 0 Å². The maximum Gasteiger partial charge on any atom is 0.212 e. The molecular formula is C14H19N3O. The van der Waals surface area contributed by atoms with Crippen LogP contribution in [0.4, 0.5) is 0 Å². The molecule has 0 saturated carbocycles. The molecule has 0 bridgehead atoms. The number of nitrogens with zero attached hydrogens (tertiary/aromatic N) is 2. The van der Waals surface area contributed by atoms with Gasteiger partial charge in [-0.05, 0) is 50.1 Å². The second-order valence-corrected chi connectivity index (χ2v) is 4.87. The van der Waals surface area contributed by atoms with Gasteiger partial charge in [0.25, 0.3) is 0 Å². The Hall–Kier alpha value is -1.55. The highest BCUT2D eigenvalue weighted by Crippen LogP contribution is 2.17. The molecule has 0 atom stereocenters. The summed E-state index contributed by atoms with van der Waals surface area (Å²) in [4.78, 5) is 6.62. The Morgan fingerprint density at radius 3 is 3.11 bits per heavy atom. The van der Waals surface area contributed by atoms with Crippen LogP contribution in [-0.4, -0.2) is 37.0 Å². The van der Waals surface area contributed by atoms with E-state index >= 15 is 0 Å². The zero-order valence-corrected chi connectivity index (χ0v) is 10.5. The highest BCUT2D eigenvalue weighted by Gasteiger charge is 2.17. The van der Waals surface area contributed by atoms with Crippen molar-refractivity contribution in [3.8, 4) is 0 Å². The number of rotatable bonds is 3. The van der Waals surface area contributed by atoms with Crippen molar-refractivity contribution in [2.24, 2.45) is 10.9 Å². The number of aliphatic imine (C=N–C) groups is 1. The average molecular weight is 245 g/mol. The molecule has 0 radical (unpaired) electrons. The molecule has 3 heterocycles. The standard InChI is InChI=1S/C14H19N3O/c1-2-9-17-10-6-14(16-13(17)3-1)18-11-12-4-7-15-8-5-12/h1-3,6,9,12,15H,4-5,7-8,10-11H2. The summed E-state index contributed by atoms with van der Waals surface area (Å²) >= 11 is 0. The number of amidine groups is 1. The maximum absolute atomic E-state index is 5.83. The maximum atomic E-state index is 5.83. The highest BCUT2D eigenvalue weighted by atomic mass is 16.5. The van der Waals surface area contributed by atoms with Crippen LogP contribution in [0.15, 0.2) is 41.4 Å². The van der Waals surface area contributed by atoms with Crippen molar-refractivity contribution in [2.75, 3.05) is 26.2 Å². The summed E-state index contributed by atoms with van der Waals surface area (Å²) in [5, 5.41) is 3.37. The van der Waals surface area contributed by atoms with Crippen LogP contribution < -0.4 is 5.32 Å². The first-order chi connectivity index (χ1) is 8.92. The van der Waals surface area contributed by atoms with E-state index in [0.29, 0.717) is 5.92 Å². The molecule has 0 aromatic carbocycles. The van der Waals surface area contributed by atoms with Gasteiger partial charge in [0.05, 0.1) is 6.61 Å². The zero-order valence-electron chi connectivity index (χ0n) is 10.5. The van der Waals surface area contributed by atoms with E-state index in [1.807, 2.05) is 30.5 Å². The van der Waals surface area contributed by atoms with Crippen LogP contribution >= 0.6 is 0 Å². The number of hydrogen-bond acceptors (Lipinski definition) is 4. The number of allylic oxidation sites excluding steroid dienone is 2. The first-order valence-corrected chi connectivity index (χ1v) is 6.66. The number of nitrogens with one attached hydrogen (secondary N) is 1. The minimum Gasteiger partial charge on any atom is -0.477 e. The van der Waals surface area contributed by atoms with E-state index in [9.17, 15) is 0 Å². The second-order valence-electron chi connectivity index (χ2n) is 4.87. The Morgan fingerprint density at radius 1 is 1.33 bits per heavy atom. The fraction of sp³-hybridized carbons (Fsp3) is 0.500. The van der Waals surface area contributed by atoms with Crippen LogP contribution in [0.2, 0.25) is 0 Å². The van der Waals surface area contributed by atoms with E-state index in [2.05, 4.69) is 15.2 Å². The monoisotopic (exact) mass is 245 g/mol.